The zero-order valence-corrected chi connectivity index (χ0v) is 16.4. The number of aliphatic carboxylic acids is 1. The Kier molecular flexibility index (Phi) is 4.97. The van der Waals surface area contributed by atoms with E-state index in [9.17, 15) is 9.90 Å². The van der Waals surface area contributed by atoms with Crippen molar-refractivity contribution in [3.8, 4) is 5.88 Å². The van der Waals surface area contributed by atoms with Crippen LogP contribution in [0.15, 0.2) is 24.4 Å². The van der Waals surface area contributed by atoms with Crippen molar-refractivity contribution in [1.29, 1.82) is 0 Å². The van der Waals surface area contributed by atoms with E-state index in [1.165, 1.54) is 0 Å². The summed E-state index contributed by atoms with van der Waals surface area (Å²) in [6, 6.07) is 5.87. The van der Waals surface area contributed by atoms with Crippen molar-refractivity contribution < 1.29 is 24.1 Å². The van der Waals surface area contributed by atoms with E-state index in [-0.39, 0.29) is 24.0 Å². The molecule has 1 aliphatic carbocycles. The molecule has 0 radical (unpaired) electrons. The standard InChI is InChI=1S/C21H26N2O5/c1-21(2)27-18(12-7-9-13(10-8-12)20(24)25)19(28-21)14-5-4-6-15-17(14)23-16(26-3)11-22-15/h4-6,11-13,18-19H,7-10H2,1-3H3,(H,24,25). The number of hydrogen-bond donors (Lipinski definition) is 1. The van der Waals surface area contributed by atoms with Crippen LogP contribution in [-0.4, -0.2) is 40.0 Å². The first-order valence-electron chi connectivity index (χ1n) is 9.76. The molecule has 1 N–H and O–H groups in total. The summed E-state index contributed by atoms with van der Waals surface area (Å²) in [7, 11) is 1.57. The molecule has 4 rings (SSSR count). The summed E-state index contributed by atoms with van der Waals surface area (Å²) in [4.78, 5) is 20.3. The highest BCUT2D eigenvalue weighted by Gasteiger charge is 2.47. The molecule has 1 aromatic heterocycles. The summed E-state index contributed by atoms with van der Waals surface area (Å²) in [5, 5.41) is 9.29. The molecule has 2 aliphatic rings. The van der Waals surface area contributed by atoms with Gasteiger partial charge in [-0.1, -0.05) is 12.1 Å². The van der Waals surface area contributed by atoms with E-state index in [1.807, 2.05) is 32.0 Å². The number of ether oxygens (including phenoxy) is 3. The SMILES string of the molecule is COc1cnc2cccc(C3OC(C)(C)OC3C3CCC(C(=O)O)CC3)c2n1. The van der Waals surface area contributed by atoms with Gasteiger partial charge in [-0.3, -0.25) is 4.79 Å². The number of hydrogen-bond acceptors (Lipinski definition) is 6. The van der Waals surface area contributed by atoms with E-state index < -0.39 is 11.8 Å². The molecule has 2 heterocycles. The van der Waals surface area contributed by atoms with Gasteiger partial charge in [0.15, 0.2) is 5.79 Å². The molecule has 1 aromatic carbocycles. The average Bonchev–Trinajstić information content (AvgIpc) is 3.02. The third kappa shape index (κ3) is 3.56. The van der Waals surface area contributed by atoms with Gasteiger partial charge in [0.2, 0.25) is 5.88 Å². The zero-order chi connectivity index (χ0) is 19.9. The van der Waals surface area contributed by atoms with Crippen molar-refractivity contribution in [2.24, 2.45) is 11.8 Å². The number of nitrogens with zero attached hydrogens (tertiary/aromatic N) is 2. The Labute approximate surface area is 164 Å². The third-order valence-corrected chi connectivity index (χ3v) is 5.81. The van der Waals surface area contributed by atoms with Crippen LogP contribution in [0.25, 0.3) is 11.0 Å². The second-order valence-corrected chi connectivity index (χ2v) is 8.10. The summed E-state index contributed by atoms with van der Waals surface area (Å²) >= 11 is 0. The molecular formula is C21H26N2O5. The molecule has 0 spiro atoms. The number of carboxylic acids is 1. The lowest BCUT2D eigenvalue weighted by Crippen LogP contribution is -2.32. The minimum Gasteiger partial charge on any atom is -0.481 e. The van der Waals surface area contributed by atoms with E-state index in [1.54, 1.807) is 13.3 Å². The number of carbonyl (C=O) groups is 1. The molecular weight excluding hydrogens is 360 g/mol. The van der Waals surface area contributed by atoms with Crippen LogP contribution in [0.1, 0.15) is 51.2 Å². The van der Waals surface area contributed by atoms with E-state index >= 15 is 0 Å². The van der Waals surface area contributed by atoms with Crippen LogP contribution in [0.3, 0.4) is 0 Å². The molecule has 28 heavy (non-hydrogen) atoms. The quantitative estimate of drug-likeness (QED) is 0.856. The van der Waals surface area contributed by atoms with E-state index in [4.69, 9.17) is 14.2 Å². The first kappa shape index (κ1) is 19.1. The number of benzene rings is 1. The number of carboxylic acid groups (broad SMARTS) is 1. The van der Waals surface area contributed by atoms with Gasteiger partial charge in [0.05, 0.1) is 36.4 Å². The fourth-order valence-electron chi connectivity index (χ4n) is 4.44. The molecule has 7 nitrogen and oxygen atoms in total. The van der Waals surface area contributed by atoms with Crippen molar-refractivity contribution in [2.45, 2.75) is 57.5 Å². The van der Waals surface area contributed by atoms with Crippen molar-refractivity contribution in [3.05, 3.63) is 30.0 Å². The summed E-state index contributed by atoms with van der Waals surface area (Å²) in [6.07, 6.45) is 4.16. The molecule has 1 saturated heterocycles. The highest BCUT2D eigenvalue weighted by molar-refractivity contribution is 5.78. The molecule has 0 amide bonds. The predicted molar refractivity (Wildman–Crippen MR) is 102 cm³/mol. The minimum atomic E-state index is -0.715. The van der Waals surface area contributed by atoms with Crippen LogP contribution in [-0.2, 0) is 14.3 Å². The minimum absolute atomic E-state index is 0.150. The number of aromatic nitrogens is 2. The first-order valence-corrected chi connectivity index (χ1v) is 9.76. The number of fused-ring (bicyclic) bond motifs is 1. The van der Waals surface area contributed by atoms with Gasteiger partial charge in [0.1, 0.15) is 6.10 Å². The highest BCUT2D eigenvalue weighted by Crippen LogP contribution is 2.47. The fourth-order valence-corrected chi connectivity index (χ4v) is 4.44. The summed E-state index contributed by atoms with van der Waals surface area (Å²) in [5.74, 6) is -0.964. The fraction of sp³-hybridized carbons (Fsp3) is 0.571. The Bertz CT molecular complexity index is 876. The van der Waals surface area contributed by atoms with E-state index in [0.717, 1.165) is 29.4 Å². The summed E-state index contributed by atoms with van der Waals surface area (Å²) in [5.41, 5.74) is 2.46. The third-order valence-electron chi connectivity index (χ3n) is 5.81. The molecule has 0 bridgehead atoms. The lowest BCUT2D eigenvalue weighted by Gasteiger charge is -2.32. The molecule has 7 heteroatoms. The largest absolute Gasteiger partial charge is 0.481 e. The van der Waals surface area contributed by atoms with Gasteiger partial charge in [0, 0.05) is 5.56 Å². The van der Waals surface area contributed by atoms with Gasteiger partial charge in [-0.2, -0.15) is 0 Å². The number of methoxy groups -OCH3 is 1. The van der Waals surface area contributed by atoms with Crippen LogP contribution in [0.4, 0.5) is 0 Å². The maximum atomic E-state index is 11.3. The molecule has 2 aromatic rings. The monoisotopic (exact) mass is 386 g/mol. The molecule has 150 valence electrons. The van der Waals surface area contributed by atoms with E-state index in [2.05, 4.69) is 9.97 Å². The smallest absolute Gasteiger partial charge is 0.306 e. The zero-order valence-electron chi connectivity index (χ0n) is 16.4. The first-order chi connectivity index (χ1) is 13.4. The molecule has 1 aliphatic heterocycles. The van der Waals surface area contributed by atoms with E-state index in [0.29, 0.717) is 18.7 Å². The highest BCUT2D eigenvalue weighted by atomic mass is 16.8. The van der Waals surface area contributed by atoms with Crippen LogP contribution in [0.2, 0.25) is 0 Å². The maximum absolute atomic E-state index is 11.3. The molecule has 2 unspecified atom stereocenters. The second kappa shape index (κ2) is 7.29. The lowest BCUT2D eigenvalue weighted by atomic mass is 9.77. The van der Waals surface area contributed by atoms with Crippen LogP contribution >= 0.6 is 0 Å². The topological polar surface area (TPSA) is 90.8 Å². The van der Waals surface area contributed by atoms with Gasteiger partial charge in [-0.05, 0) is 51.5 Å². The number of rotatable bonds is 4. The molecule has 1 saturated carbocycles. The van der Waals surface area contributed by atoms with Crippen LogP contribution < -0.4 is 4.74 Å². The second-order valence-electron chi connectivity index (χ2n) is 8.10. The Morgan fingerprint density at radius 3 is 2.64 bits per heavy atom. The summed E-state index contributed by atoms with van der Waals surface area (Å²) < 4.78 is 17.9. The molecule has 2 atom stereocenters. The molecule has 2 fully saturated rings. The Morgan fingerprint density at radius 2 is 1.96 bits per heavy atom. The normalized spacial score (nSPS) is 29.7. The van der Waals surface area contributed by atoms with Gasteiger partial charge in [-0.15, -0.1) is 0 Å². The lowest BCUT2D eigenvalue weighted by molar-refractivity contribution is -0.154. The van der Waals surface area contributed by atoms with Crippen LogP contribution in [0.5, 0.6) is 5.88 Å². The van der Waals surface area contributed by atoms with Crippen molar-refractivity contribution in [1.82, 2.24) is 9.97 Å². The Morgan fingerprint density at radius 1 is 1.21 bits per heavy atom. The maximum Gasteiger partial charge on any atom is 0.306 e. The van der Waals surface area contributed by atoms with Crippen LogP contribution in [0, 0.1) is 11.8 Å². The van der Waals surface area contributed by atoms with Crippen molar-refractivity contribution >= 4 is 17.0 Å². The Balaban J connectivity index is 1.67. The van der Waals surface area contributed by atoms with Gasteiger partial charge < -0.3 is 19.3 Å². The van der Waals surface area contributed by atoms with Crippen molar-refractivity contribution in [2.75, 3.05) is 7.11 Å². The van der Waals surface area contributed by atoms with Gasteiger partial charge in [-0.25, -0.2) is 9.97 Å². The average molecular weight is 386 g/mol. The predicted octanol–water partition coefficient (Wildman–Crippen LogP) is 3.72. The summed E-state index contributed by atoms with van der Waals surface area (Å²) in [6.45, 7) is 3.83. The number of para-hydroxylation sites is 1. The Hall–Kier alpha value is -2.25. The van der Waals surface area contributed by atoms with Crippen molar-refractivity contribution in [3.63, 3.8) is 0 Å². The van der Waals surface area contributed by atoms with Gasteiger partial charge in [0.25, 0.3) is 0 Å². The van der Waals surface area contributed by atoms with Gasteiger partial charge >= 0.3 is 5.97 Å².